The predicted molar refractivity (Wildman–Crippen MR) is 152 cm³/mol. The second kappa shape index (κ2) is 8.25. The summed E-state index contributed by atoms with van der Waals surface area (Å²) in [7, 11) is 3.45. The van der Waals surface area contributed by atoms with Crippen molar-refractivity contribution in [3.8, 4) is 22.6 Å². The molecule has 0 spiro atoms. The Balaban J connectivity index is 1.69. The minimum Gasteiger partial charge on any atom is -0.497 e. The zero-order valence-electron chi connectivity index (χ0n) is 20.9. The van der Waals surface area contributed by atoms with Gasteiger partial charge in [-0.15, -0.1) is 0 Å². The first kappa shape index (κ1) is 21.7. The molecule has 1 aliphatic carbocycles. The molecule has 2 heteroatoms. The van der Waals surface area contributed by atoms with Crippen LogP contribution in [0.4, 0.5) is 0 Å². The van der Waals surface area contributed by atoms with Gasteiger partial charge in [-0.2, -0.15) is 0 Å². The molecule has 0 amide bonds. The number of methoxy groups -OCH3 is 2. The summed E-state index contributed by atoms with van der Waals surface area (Å²) in [5.74, 6) is 1.73. The van der Waals surface area contributed by atoms with Gasteiger partial charge in [0.25, 0.3) is 0 Å². The van der Waals surface area contributed by atoms with Gasteiger partial charge in [0.05, 0.1) is 19.6 Å². The Morgan fingerprint density at radius 1 is 0.432 bits per heavy atom. The van der Waals surface area contributed by atoms with Crippen molar-refractivity contribution in [2.75, 3.05) is 14.2 Å². The number of ether oxygens (including phenoxy) is 2. The van der Waals surface area contributed by atoms with E-state index in [1.807, 2.05) is 0 Å². The van der Waals surface area contributed by atoms with Crippen LogP contribution in [-0.2, 0) is 5.41 Å². The van der Waals surface area contributed by atoms with E-state index < -0.39 is 5.41 Å². The van der Waals surface area contributed by atoms with Crippen molar-refractivity contribution < 1.29 is 9.47 Å². The normalized spacial score (nSPS) is 13.4. The summed E-state index contributed by atoms with van der Waals surface area (Å²) >= 11 is 0. The van der Waals surface area contributed by atoms with Crippen LogP contribution in [0.15, 0.2) is 121 Å². The molecular weight excluding hydrogens is 452 g/mol. The molecule has 0 N–H and O–H groups in total. The van der Waals surface area contributed by atoms with Crippen LogP contribution >= 0.6 is 0 Å². The molecule has 0 saturated heterocycles. The van der Waals surface area contributed by atoms with Crippen LogP contribution in [0.25, 0.3) is 32.7 Å². The van der Waals surface area contributed by atoms with Crippen LogP contribution in [0.3, 0.4) is 0 Å². The highest BCUT2D eigenvalue weighted by Crippen LogP contribution is 2.58. The topological polar surface area (TPSA) is 18.5 Å². The van der Waals surface area contributed by atoms with Crippen molar-refractivity contribution in [1.29, 1.82) is 0 Å². The molecule has 37 heavy (non-hydrogen) atoms. The Labute approximate surface area is 216 Å². The van der Waals surface area contributed by atoms with Gasteiger partial charge in [0.2, 0.25) is 0 Å². The molecular formula is C35H26O2. The first-order chi connectivity index (χ1) is 18.3. The highest BCUT2D eigenvalue weighted by Gasteiger charge is 2.47. The third-order valence-corrected chi connectivity index (χ3v) is 7.94. The molecule has 178 valence electrons. The van der Waals surface area contributed by atoms with Gasteiger partial charge >= 0.3 is 0 Å². The zero-order valence-corrected chi connectivity index (χ0v) is 20.9. The maximum atomic E-state index is 5.58. The molecule has 0 heterocycles. The summed E-state index contributed by atoms with van der Waals surface area (Å²) in [5, 5.41) is 4.78. The second-order valence-corrected chi connectivity index (χ2v) is 9.63. The van der Waals surface area contributed by atoms with Crippen LogP contribution in [0.1, 0.15) is 22.3 Å². The van der Waals surface area contributed by atoms with Gasteiger partial charge in [-0.25, -0.2) is 0 Å². The molecule has 0 radical (unpaired) electrons. The van der Waals surface area contributed by atoms with Crippen LogP contribution in [-0.4, -0.2) is 14.2 Å². The Morgan fingerprint density at radius 3 is 1.32 bits per heavy atom. The minimum atomic E-state index is -0.491. The van der Waals surface area contributed by atoms with Crippen molar-refractivity contribution in [2.45, 2.75) is 5.41 Å². The molecule has 7 rings (SSSR count). The van der Waals surface area contributed by atoms with Crippen molar-refractivity contribution in [1.82, 2.24) is 0 Å². The second-order valence-electron chi connectivity index (χ2n) is 9.63. The maximum absolute atomic E-state index is 5.58. The lowest BCUT2D eigenvalue weighted by atomic mass is 9.65. The number of fused-ring (bicyclic) bond motifs is 5. The summed E-state index contributed by atoms with van der Waals surface area (Å²) < 4.78 is 11.2. The molecule has 0 unspecified atom stereocenters. The fourth-order valence-corrected chi connectivity index (χ4v) is 6.39. The van der Waals surface area contributed by atoms with E-state index in [-0.39, 0.29) is 0 Å². The highest BCUT2D eigenvalue weighted by molar-refractivity contribution is 5.99. The number of hydrogen-bond donors (Lipinski definition) is 0. The molecule has 6 aromatic rings. The molecule has 1 aliphatic rings. The van der Waals surface area contributed by atoms with E-state index >= 15 is 0 Å². The van der Waals surface area contributed by atoms with Gasteiger partial charge in [-0.05, 0) is 79.2 Å². The Morgan fingerprint density at radius 2 is 0.865 bits per heavy atom. The van der Waals surface area contributed by atoms with Crippen molar-refractivity contribution >= 4 is 21.5 Å². The summed E-state index contributed by atoms with van der Waals surface area (Å²) in [5.41, 5.74) is 7.24. The van der Waals surface area contributed by atoms with Crippen LogP contribution in [0.2, 0.25) is 0 Å². The average Bonchev–Trinajstić information content (AvgIpc) is 3.27. The molecule has 2 nitrogen and oxygen atoms in total. The predicted octanol–water partition coefficient (Wildman–Crippen LogP) is 8.37. The monoisotopic (exact) mass is 478 g/mol. The van der Waals surface area contributed by atoms with E-state index in [0.29, 0.717) is 0 Å². The number of hydrogen-bond acceptors (Lipinski definition) is 2. The average molecular weight is 479 g/mol. The third-order valence-electron chi connectivity index (χ3n) is 7.94. The lowest BCUT2D eigenvalue weighted by Crippen LogP contribution is -2.29. The lowest BCUT2D eigenvalue weighted by Gasteiger charge is -2.36. The molecule has 0 fully saturated rings. The summed E-state index contributed by atoms with van der Waals surface area (Å²) in [4.78, 5) is 0. The van der Waals surface area contributed by atoms with Gasteiger partial charge < -0.3 is 9.47 Å². The summed E-state index contributed by atoms with van der Waals surface area (Å²) in [6.45, 7) is 0. The zero-order chi connectivity index (χ0) is 25.0. The van der Waals surface area contributed by atoms with Crippen LogP contribution in [0, 0.1) is 0 Å². The highest BCUT2D eigenvalue weighted by atomic mass is 16.5. The Hall–Kier alpha value is -4.56. The van der Waals surface area contributed by atoms with Crippen molar-refractivity contribution in [2.24, 2.45) is 0 Å². The standard InChI is InChI=1S/C35H26O2/c1-36-25-17-19-27-23(21-25)9-7-15-31(27)35(32-16-8-10-24-22-26(37-2)18-20-28(24)32)33-13-5-3-11-29(33)30-12-4-6-14-34(30)35/h3-22H,1-2H3. The van der Waals surface area contributed by atoms with Gasteiger partial charge in [0, 0.05) is 0 Å². The first-order valence-electron chi connectivity index (χ1n) is 12.6. The van der Waals surface area contributed by atoms with Crippen LogP contribution in [0.5, 0.6) is 11.5 Å². The first-order valence-corrected chi connectivity index (χ1v) is 12.6. The summed E-state index contributed by atoms with van der Waals surface area (Å²) in [6.07, 6.45) is 0. The Bertz CT molecular complexity index is 1680. The van der Waals surface area contributed by atoms with Gasteiger partial charge in [0.1, 0.15) is 11.5 Å². The van der Waals surface area contributed by atoms with E-state index in [2.05, 4.69) is 121 Å². The van der Waals surface area contributed by atoms with Crippen molar-refractivity contribution in [3.63, 3.8) is 0 Å². The minimum absolute atomic E-state index is 0.491. The SMILES string of the molecule is COc1ccc2c(C3(c4cccc5cc(OC)ccc45)c4ccccc4-c4ccccc43)cccc2c1. The van der Waals surface area contributed by atoms with Gasteiger partial charge in [-0.1, -0.05) is 97.1 Å². The lowest BCUT2D eigenvalue weighted by molar-refractivity contribution is 0.415. The van der Waals surface area contributed by atoms with E-state index in [1.165, 1.54) is 54.9 Å². The van der Waals surface area contributed by atoms with Gasteiger partial charge in [0.15, 0.2) is 0 Å². The van der Waals surface area contributed by atoms with Crippen LogP contribution < -0.4 is 9.47 Å². The molecule has 0 atom stereocenters. The van der Waals surface area contributed by atoms with E-state index in [1.54, 1.807) is 14.2 Å². The molecule has 0 bridgehead atoms. The largest absolute Gasteiger partial charge is 0.497 e. The smallest absolute Gasteiger partial charge is 0.119 e. The summed E-state index contributed by atoms with van der Waals surface area (Å²) in [6, 6.07) is 43.9. The maximum Gasteiger partial charge on any atom is 0.119 e. The van der Waals surface area contributed by atoms with Gasteiger partial charge in [-0.3, -0.25) is 0 Å². The fourth-order valence-electron chi connectivity index (χ4n) is 6.39. The third kappa shape index (κ3) is 2.99. The fraction of sp³-hybridized carbons (Fsp3) is 0.0857. The van der Waals surface area contributed by atoms with E-state index in [4.69, 9.17) is 9.47 Å². The quantitative estimate of drug-likeness (QED) is 0.253. The van der Waals surface area contributed by atoms with E-state index in [0.717, 1.165) is 11.5 Å². The van der Waals surface area contributed by atoms with E-state index in [9.17, 15) is 0 Å². The Kier molecular flexibility index (Phi) is 4.84. The molecule has 0 aromatic heterocycles. The molecule has 6 aromatic carbocycles. The molecule has 0 aliphatic heterocycles. The number of benzene rings is 6. The number of rotatable bonds is 4. The van der Waals surface area contributed by atoms with Crippen molar-refractivity contribution in [3.05, 3.63) is 144 Å². The molecule has 0 saturated carbocycles.